The first-order valence-electron chi connectivity index (χ1n) is 24.4. The van der Waals surface area contributed by atoms with Gasteiger partial charge in [-0.15, -0.1) is 0 Å². The van der Waals surface area contributed by atoms with Crippen molar-refractivity contribution >= 4 is 11.9 Å². The van der Waals surface area contributed by atoms with Gasteiger partial charge >= 0.3 is 5.97 Å². The van der Waals surface area contributed by atoms with Crippen LogP contribution < -0.4 is 5.32 Å². The predicted molar refractivity (Wildman–Crippen MR) is 255 cm³/mol. The van der Waals surface area contributed by atoms with Gasteiger partial charge in [0, 0.05) is 6.42 Å². The zero-order valence-electron chi connectivity index (χ0n) is 39.2. The minimum absolute atomic E-state index is 0.0999. The van der Waals surface area contributed by atoms with Crippen molar-refractivity contribution in [3.05, 3.63) is 85.1 Å². The standard InChI is InChI=1S/C52H87NO10/c1-4-7-10-13-16-19-22-25-27-30-33-36-39-45(56)51(60)53-43(44(55)38-35-32-29-26-23-20-17-14-11-8-5-2)42-61-52-50(49(59)48(58)46(41-54)62-52)63-47(57)40-37-34-31-28-24-21-18-15-12-9-6-3/h7,10,13,15-16,18-19,22,25,27,30,33,35,38,43-46,48-50,52,54-56,58-59H,4-6,8-9,11-12,14,17,20-21,23-24,26,28-29,31-32,34,36-37,39-42H2,1-3H3,(H,53,60)/b10-7+,16-13+,18-15-,22-19-,27-25-,33-30+,38-35+. The first-order chi connectivity index (χ1) is 30.7. The summed E-state index contributed by atoms with van der Waals surface area (Å²) >= 11 is 0. The fraction of sp³-hybridized carbons (Fsp3) is 0.692. The molecular weight excluding hydrogens is 799 g/mol. The summed E-state index contributed by atoms with van der Waals surface area (Å²) in [7, 11) is 0. The van der Waals surface area contributed by atoms with Crippen LogP contribution >= 0.6 is 0 Å². The number of esters is 1. The normalized spacial score (nSPS) is 21.3. The van der Waals surface area contributed by atoms with E-state index in [0.717, 1.165) is 70.6 Å². The number of amides is 1. The lowest BCUT2D eigenvalue weighted by molar-refractivity contribution is -0.305. The summed E-state index contributed by atoms with van der Waals surface area (Å²) in [6.07, 6.45) is 39.5. The maximum Gasteiger partial charge on any atom is 0.306 e. The highest BCUT2D eigenvalue weighted by Gasteiger charge is 2.47. The van der Waals surface area contributed by atoms with Crippen molar-refractivity contribution in [2.75, 3.05) is 13.2 Å². The Hall–Kier alpha value is -3.16. The molecule has 11 nitrogen and oxygen atoms in total. The second kappa shape index (κ2) is 40.4. The SMILES string of the molecule is CC/C=C/C=C/C=C\C=C/C=C/CCC(O)C(=O)NC(COC1OC(CO)C(O)C(O)C1OC(=O)CCCCCCC/C=C\CCCC)C(O)/C=C/CCCCCCCCCCC. The van der Waals surface area contributed by atoms with Gasteiger partial charge < -0.3 is 45.1 Å². The van der Waals surface area contributed by atoms with Crippen molar-refractivity contribution in [1.82, 2.24) is 5.32 Å². The zero-order valence-corrected chi connectivity index (χ0v) is 39.2. The molecule has 1 fully saturated rings. The van der Waals surface area contributed by atoms with Crippen molar-refractivity contribution in [2.24, 2.45) is 0 Å². The molecule has 0 aromatic heterocycles. The maximum absolute atomic E-state index is 13.2. The van der Waals surface area contributed by atoms with E-state index in [4.69, 9.17) is 14.2 Å². The molecule has 1 rings (SSSR count). The molecule has 1 heterocycles. The van der Waals surface area contributed by atoms with E-state index in [2.05, 4.69) is 44.3 Å². The van der Waals surface area contributed by atoms with Gasteiger partial charge in [0.05, 0.1) is 25.4 Å². The molecule has 1 amide bonds. The molecule has 0 saturated carbocycles. The molecule has 0 aromatic rings. The van der Waals surface area contributed by atoms with Gasteiger partial charge in [0.1, 0.15) is 24.4 Å². The molecule has 1 aliphatic rings. The number of rotatable bonds is 38. The van der Waals surface area contributed by atoms with E-state index in [-0.39, 0.29) is 19.4 Å². The van der Waals surface area contributed by atoms with Gasteiger partial charge in [0.15, 0.2) is 12.4 Å². The summed E-state index contributed by atoms with van der Waals surface area (Å²) in [5, 5.41) is 56.3. The first kappa shape index (κ1) is 57.9. The number of aliphatic hydroxyl groups excluding tert-OH is 5. The van der Waals surface area contributed by atoms with Gasteiger partial charge in [-0.05, 0) is 57.8 Å². The number of nitrogens with one attached hydrogen (secondary N) is 1. The molecule has 0 spiro atoms. The van der Waals surface area contributed by atoms with Crippen LogP contribution in [-0.4, -0.2) is 99.6 Å². The minimum Gasteiger partial charge on any atom is -0.454 e. The summed E-state index contributed by atoms with van der Waals surface area (Å²) in [5.74, 6) is -1.30. The smallest absolute Gasteiger partial charge is 0.306 e. The lowest BCUT2D eigenvalue weighted by Crippen LogP contribution is -2.61. The topological polar surface area (TPSA) is 175 Å². The van der Waals surface area contributed by atoms with E-state index in [0.29, 0.717) is 12.8 Å². The number of aliphatic hydroxyl groups is 5. The number of hydrogen-bond donors (Lipinski definition) is 6. The van der Waals surface area contributed by atoms with Crippen molar-refractivity contribution < 1.29 is 49.3 Å². The Morgan fingerprint density at radius 2 is 1.17 bits per heavy atom. The number of hydrogen-bond acceptors (Lipinski definition) is 10. The van der Waals surface area contributed by atoms with E-state index < -0.39 is 67.4 Å². The van der Waals surface area contributed by atoms with Crippen LogP contribution in [0.25, 0.3) is 0 Å². The number of carbonyl (C=O) groups excluding carboxylic acids is 2. The molecule has 1 saturated heterocycles. The Bertz CT molecular complexity index is 1340. The van der Waals surface area contributed by atoms with Gasteiger partial charge in [-0.1, -0.05) is 189 Å². The second-order valence-corrected chi connectivity index (χ2v) is 16.6. The van der Waals surface area contributed by atoms with Crippen LogP contribution in [0.2, 0.25) is 0 Å². The number of ether oxygens (including phenoxy) is 3. The summed E-state index contributed by atoms with van der Waals surface area (Å²) in [5.41, 5.74) is 0. The predicted octanol–water partition coefficient (Wildman–Crippen LogP) is 9.49. The Balaban J connectivity index is 2.89. The van der Waals surface area contributed by atoms with Gasteiger partial charge in [-0.25, -0.2) is 0 Å². The van der Waals surface area contributed by atoms with Crippen LogP contribution in [0, 0.1) is 0 Å². The zero-order chi connectivity index (χ0) is 46.2. The molecule has 0 bridgehead atoms. The molecule has 0 radical (unpaired) electrons. The van der Waals surface area contributed by atoms with Crippen LogP contribution in [0.4, 0.5) is 0 Å². The van der Waals surface area contributed by atoms with E-state index in [1.165, 1.54) is 51.4 Å². The van der Waals surface area contributed by atoms with Crippen LogP contribution in [-0.2, 0) is 23.8 Å². The Morgan fingerprint density at radius 3 is 1.78 bits per heavy atom. The van der Waals surface area contributed by atoms with Crippen molar-refractivity contribution in [2.45, 2.75) is 217 Å². The fourth-order valence-electron chi connectivity index (χ4n) is 6.95. The molecule has 0 aromatic carbocycles. The van der Waals surface area contributed by atoms with Gasteiger partial charge in [-0.2, -0.15) is 0 Å². The largest absolute Gasteiger partial charge is 0.454 e. The van der Waals surface area contributed by atoms with E-state index >= 15 is 0 Å². The van der Waals surface area contributed by atoms with Crippen LogP contribution in [0.5, 0.6) is 0 Å². The Kier molecular flexibility index (Phi) is 37.1. The first-order valence-corrected chi connectivity index (χ1v) is 24.4. The molecule has 63 heavy (non-hydrogen) atoms. The number of allylic oxidation sites excluding steroid dienone is 13. The van der Waals surface area contributed by atoms with Crippen LogP contribution in [0.1, 0.15) is 168 Å². The van der Waals surface area contributed by atoms with E-state index in [9.17, 15) is 35.1 Å². The van der Waals surface area contributed by atoms with Crippen LogP contribution in [0.15, 0.2) is 85.1 Å². The van der Waals surface area contributed by atoms with Gasteiger partial charge in [0.25, 0.3) is 0 Å². The summed E-state index contributed by atoms with van der Waals surface area (Å²) < 4.78 is 17.4. The highest BCUT2D eigenvalue weighted by Crippen LogP contribution is 2.26. The second-order valence-electron chi connectivity index (χ2n) is 16.6. The van der Waals surface area contributed by atoms with Crippen molar-refractivity contribution in [1.29, 1.82) is 0 Å². The van der Waals surface area contributed by atoms with Crippen molar-refractivity contribution in [3.63, 3.8) is 0 Å². The molecule has 8 unspecified atom stereocenters. The summed E-state index contributed by atoms with van der Waals surface area (Å²) in [6, 6.07) is -1.06. The van der Waals surface area contributed by atoms with Gasteiger partial charge in [-0.3, -0.25) is 9.59 Å². The van der Waals surface area contributed by atoms with E-state index in [1.807, 2.05) is 60.8 Å². The number of carbonyl (C=O) groups is 2. The van der Waals surface area contributed by atoms with E-state index in [1.54, 1.807) is 6.08 Å². The maximum atomic E-state index is 13.2. The molecule has 1 aliphatic heterocycles. The molecule has 8 atom stereocenters. The lowest BCUT2D eigenvalue weighted by atomic mass is 9.99. The monoisotopic (exact) mass is 886 g/mol. The Labute approximate surface area is 381 Å². The molecule has 0 aliphatic carbocycles. The average molecular weight is 886 g/mol. The highest BCUT2D eigenvalue weighted by molar-refractivity contribution is 5.80. The van der Waals surface area contributed by atoms with Gasteiger partial charge in [0.2, 0.25) is 5.91 Å². The fourth-order valence-corrected chi connectivity index (χ4v) is 6.95. The molecular formula is C52H87NO10. The quantitative estimate of drug-likeness (QED) is 0.0152. The third-order valence-corrected chi connectivity index (χ3v) is 10.9. The summed E-state index contributed by atoms with van der Waals surface area (Å²) in [4.78, 5) is 26.2. The van der Waals surface area contributed by atoms with Crippen molar-refractivity contribution in [3.8, 4) is 0 Å². The van der Waals surface area contributed by atoms with Crippen LogP contribution in [0.3, 0.4) is 0 Å². The number of unbranched alkanes of at least 4 members (excludes halogenated alkanes) is 16. The molecule has 11 heteroatoms. The third kappa shape index (κ3) is 29.8. The Morgan fingerprint density at radius 1 is 0.635 bits per heavy atom. The highest BCUT2D eigenvalue weighted by atomic mass is 16.7. The molecule has 360 valence electrons. The molecule has 6 N–H and O–H groups in total. The minimum atomic E-state index is -1.63. The summed E-state index contributed by atoms with van der Waals surface area (Å²) in [6.45, 7) is 5.48. The third-order valence-electron chi connectivity index (χ3n) is 10.9. The average Bonchev–Trinajstić information content (AvgIpc) is 3.28. The lowest BCUT2D eigenvalue weighted by Gasteiger charge is -2.41.